The van der Waals surface area contributed by atoms with Gasteiger partial charge in [-0.05, 0) is 30.9 Å². The van der Waals surface area contributed by atoms with Crippen molar-refractivity contribution < 1.29 is 50.2 Å². The summed E-state index contributed by atoms with van der Waals surface area (Å²) in [6.07, 6.45) is -11.1. The second-order valence-corrected chi connectivity index (χ2v) is 8.80. The minimum absolute atomic E-state index is 0.0108. The summed E-state index contributed by atoms with van der Waals surface area (Å²) in [5.41, 5.74) is -7.18. The molecule has 0 bridgehead atoms. The van der Waals surface area contributed by atoms with Crippen molar-refractivity contribution in [2.45, 2.75) is 50.2 Å². The zero-order chi connectivity index (χ0) is 31.1. The number of pyridine rings is 1. The second kappa shape index (κ2) is 13.0. The minimum Gasteiger partial charge on any atom is -0.465 e. The van der Waals surface area contributed by atoms with Crippen molar-refractivity contribution in [3.05, 3.63) is 84.4 Å². The third-order valence-corrected chi connectivity index (χ3v) is 5.87. The number of ether oxygens (including phenoxy) is 1. The predicted octanol–water partition coefficient (Wildman–Crippen LogP) is 7.33. The maximum atomic E-state index is 14.7. The maximum Gasteiger partial charge on any atom is 0.426 e. The fraction of sp³-hybridized carbons (Fsp3) is 0.296. The van der Waals surface area contributed by atoms with Gasteiger partial charge in [-0.15, -0.1) is 23.4 Å². The SMILES string of the molecule is C=CCCC(=O)c1nc(-c2nnc([C@@](CCC=C)(OCc3ccccc3)C(F)(F)F)o2)c(NC(=O)O)cc1C(F)(F)F. The molecule has 15 heteroatoms. The van der Waals surface area contributed by atoms with E-state index in [0.29, 0.717) is 5.56 Å². The largest absolute Gasteiger partial charge is 0.465 e. The van der Waals surface area contributed by atoms with Crippen LogP contribution in [0.3, 0.4) is 0 Å². The number of carboxylic acid groups (broad SMARTS) is 1. The van der Waals surface area contributed by atoms with E-state index in [1.54, 1.807) is 23.5 Å². The second-order valence-electron chi connectivity index (χ2n) is 8.80. The number of nitrogens with one attached hydrogen (secondary N) is 1. The molecule has 0 radical (unpaired) electrons. The number of rotatable bonds is 13. The lowest BCUT2D eigenvalue weighted by atomic mass is 9.96. The molecule has 3 aromatic rings. The van der Waals surface area contributed by atoms with Crippen LogP contribution in [-0.2, 0) is 23.1 Å². The summed E-state index contributed by atoms with van der Waals surface area (Å²) in [6, 6.07) is 8.15. The number of nitrogens with zero attached hydrogens (tertiary/aromatic N) is 3. The van der Waals surface area contributed by atoms with Crippen molar-refractivity contribution in [2.24, 2.45) is 0 Å². The standard InChI is InChI=1S/C27H24F6N4O5/c1-3-5-12-19(38)20-17(26(28,29)30)14-18(34-24(39)40)21(35-20)22-36-37-23(42-22)25(13-6-4-2,27(31,32)33)41-15-16-10-8-7-9-11-16/h3-4,7-11,14,34H,1-2,5-6,12-13,15H2,(H,39,40)/t25-/m1/s1. The fourth-order valence-corrected chi connectivity index (χ4v) is 3.82. The highest BCUT2D eigenvalue weighted by molar-refractivity contribution is 5.98. The molecule has 9 nitrogen and oxygen atoms in total. The lowest BCUT2D eigenvalue weighted by Crippen LogP contribution is -2.45. The smallest absolute Gasteiger partial charge is 0.426 e. The molecule has 0 aliphatic carbocycles. The lowest BCUT2D eigenvalue weighted by Gasteiger charge is -2.32. The first-order chi connectivity index (χ1) is 19.7. The molecule has 1 amide bonds. The van der Waals surface area contributed by atoms with Gasteiger partial charge in [0.05, 0.1) is 17.9 Å². The van der Waals surface area contributed by atoms with E-state index in [0.717, 1.165) is 0 Å². The van der Waals surface area contributed by atoms with Gasteiger partial charge in [0.15, 0.2) is 11.5 Å². The Kier molecular flexibility index (Phi) is 9.88. The summed E-state index contributed by atoms with van der Waals surface area (Å²) in [6.45, 7) is 6.29. The molecule has 0 aliphatic rings. The zero-order valence-corrected chi connectivity index (χ0v) is 21.8. The van der Waals surface area contributed by atoms with E-state index in [4.69, 9.17) is 9.15 Å². The molecule has 3 rings (SSSR count). The van der Waals surface area contributed by atoms with Crippen molar-refractivity contribution in [3.8, 4) is 11.6 Å². The van der Waals surface area contributed by atoms with Crippen LogP contribution >= 0.6 is 0 Å². The first-order valence-electron chi connectivity index (χ1n) is 12.2. The van der Waals surface area contributed by atoms with Gasteiger partial charge in [0.25, 0.3) is 11.8 Å². The van der Waals surface area contributed by atoms with Crippen molar-refractivity contribution in [1.29, 1.82) is 0 Å². The topological polar surface area (TPSA) is 127 Å². The van der Waals surface area contributed by atoms with Gasteiger partial charge in [-0.1, -0.05) is 42.5 Å². The van der Waals surface area contributed by atoms with E-state index >= 15 is 0 Å². The number of amides is 1. The average molecular weight is 599 g/mol. The van der Waals surface area contributed by atoms with E-state index in [9.17, 15) is 41.0 Å². The van der Waals surface area contributed by atoms with Crippen LogP contribution in [0.15, 0.2) is 66.1 Å². The van der Waals surface area contributed by atoms with Crippen LogP contribution < -0.4 is 5.32 Å². The normalized spacial score (nSPS) is 13.3. The summed E-state index contributed by atoms with van der Waals surface area (Å²) in [5, 5.41) is 17.9. The highest BCUT2D eigenvalue weighted by atomic mass is 19.4. The van der Waals surface area contributed by atoms with E-state index in [2.05, 4.69) is 28.3 Å². The van der Waals surface area contributed by atoms with Gasteiger partial charge in [-0.25, -0.2) is 9.78 Å². The van der Waals surface area contributed by atoms with Crippen molar-refractivity contribution in [3.63, 3.8) is 0 Å². The van der Waals surface area contributed by atoms with E-state index in [-0.39, 0.29) is 18.9 Å². The van der Waals surface area contributed by atoms with Crippen molar-refractivity contribution in [1.82, 2.24) is 15.2 Å². The molecule has 42 heavy (non-hydrogen) atoms. The molecule has 0 spiro atoms. The molecule has 1 aromatic carbocycles. The van der Waals surface area contributed by atoms with E-state index in [1.807, 2.05) is 0 Å². The number of aromatic nitrogens is 3. The number of anilines is 1. The highest BCUT2D eigenvalue weighted by Crippen LogP contribution is 2.47. The number of Topliss-reactive ketones (excluding diaryl/α,β-unsaturated/α-hetero) is 1. The number of carbonyl (C=O) groups excluding carboxylic acids is 1. The van der Waals surface area contributed by atoms with Crippen molar-refractivity contribution >= 4 is 17.6 Å². The minimum atomic E-state index is -5.15. The van der Waals surface area contributed by atoms with Crippen LogP contribution in [0.2, 0.25) is 0 Å². The summed E-state index contributed by atoms with van der Waals surface area (Å²) >= 11 is 0. The van der Waals surface area contributed by atoms with Gasteiger partial charge in [0.1, 0.15) is 5.69 Å². The van der Waals surface area contributed by atoms with E-state index in [1.165, 1.54) is 24.3 Å². The van der Waals surface area contributed by atoms with Gasteiger partial charge < -0.3 is 14.3 Å². The van der Waals surface area contributed by atoms with Crippen LogP contribution in [-0.4, -0.2) is 38.3 Å². The third-order valence-electron chi connectivity index (χ3n) is 5.87. The number of allylic oxidation sites excluding steroid dienone is 2. The molecule has 0 saturated carbocycles. The number of halogens is 6. The monoisotopic (exact) mass is 598 g/mol. The Bertz CT molecular complexity index is 1440. The van der Waals surface area contributed by atoms with Crippen LogP contribution in [0.1, 0.15) is 53.2 Å². The Morgan fingerprint density at radius 1 is 1.02 bits per heavy atom. The van der Waals surface area contributed by atoms with E-state index < -0.39 is 83.7 Å². The molecule has 2 heterocycles. The number of benzene rings is 1. The molecule has 2 N–H and O–H groups in total. The Labute approximate surface area is 234 Å². The molecule has 1 atom stereocenters. The molecule has 0 unspecified atom stereocenters. The van der Waals surface area contributed by atoms with Crippen molar-refractivity contribution in [2.75, 3.05) is 5.32 Å². The number of ketones is 1. The van der Waals surface area contributed by atoms with Gasteiger partial charge in [0.2, 0.25) is 5.60 Å². The lowest BCUT2D eigenvalue weighted by molar-refractivity contribution is -0.299. The summed E-state index contributed by atoms with van der Waals surface area (Å²) in [4.78, 5) is 27.7. The Balaban J connectivity index is 2.21. The number of hydrogen-bond acceptors (Lipinski definition) is 7. The Hall–Kier alpha value is -4.53. The molecule has 224 valence electrons. The summed E-state index contributed by atoms with van der Waals surface area (Å²) in [7, 11) is 0. The third kappa shape index (κ3) is 7.21. The van der Waals surface area contributed by atoms with Gasteiger partial charge in [-0.2, -0.15) is 26.3 Å². The first kappa shape index (κ1) is 32.0. The first-order valence-corrected chi connectivity index (χ1v) is 12.2. The van der Waals surface area contributed by atoms with Crippen LogP contribution in [0.5, 0.6) is 0 Å². The number of alkyl halides is 6. The van der Waals surface area contributed by atoms with Crippen LogP contribution in [0.4, 0.5) is 36.8 Å². The van der Waals surface area contributed by atoms with Crippen LogP contribution in [0, 0.1) is 0 Å². The maximum absolute atomic E-state index is 14.7. The van der Waals surface area contributed by atoms with Gasteiger partial charge >= 0.3 is 18.4 Å². The Morgan fingerprint density at radius 2 is 1.69 bits per heavy atom. The molecule has 0 aliphatic heterocycles. The number of carbonyl (C=O) groups is 2. The summed E-state index contributed by atoms with van der Waals surface area (Å²) in [5.74, 6) is -3.10. The quantitative estimate of drug-likeness (QED) is 0.119. The fourth-order valence-electron chi connectivity index (χ4n) is 3.82. The summed E-state index contributed by atoms with van der Waals surface area (Å²) < 4.78 is 96.1. The number of hydrogen-bond donors (Lipinski definition) is 2. The molecular weight excluding hydrogens is 574 g/mol. The van der Waals surface area contributed by atoms with Gasteiger partial charge in [-0.3, -0.25) is 10.1 Å². The molecular formula is C27H24F6N4O5. The Morgan fingerprint density at radius 3 is 2.26 bits per heavy atom. The molecule has 0 fully saturated rings. The average Bonchev–Trinajstić information content (AvgIpc) is 3.41. The predicted molar refractivity (Wildman–Crippen MR) is 136 cm³/mol. The highest BCUT2D eigenvalue weighted by Gasteiger charge is 2.61. The zero-order valence-electron chi connectivity index (χ0n) is 21.8. The molecule has 0 saturated heterocycles. The van der Waals surface area contributed by atoms with Gasteiger partial charge in [0, 0.05) is 6.42 Å². The van der Waals surface area contributed by atoms with Crippen LogP contribution in [0.25, 0.3) is 11.6 Å². The molecule has 2 aromatic heterocycles.